The van der Waals surface area contributed by atoms with Crippen molar-refractivity contribution in [1.82, 2.24) is 4.90 Å². The second-order valence-electron chi connectivity index (χ2n) is 7.24. The molecule has 2 saturated carbocycles. The van der Waals surface area contributed by atoms with Gasteiger partial charge < -0.3 is 10.0 Å². The number of carbonyl (C=O) groups is 2. The standard InChI is InChI=1S/C16H22F3NO3/c17-16(18,19)13-8-20(7-12(13)15(22)23)14(21)11-6-10(11)9-4-2-1-3-5-9/h9-13H,1-8H2,(H,22,23)/t10?,11?,12-,13-/m1/s1. The van der Waals surface area contributed by atoms with E-state index in [1.165, 1.54) is 19.3 Å². The van der Waals surface area contributed by atoms with Crippen LogP contribution >= 0.6 is 0 Å². The Labute approximate surface area is 133 Å². The van der Waals surface area contributed by atoms with Crippen molar-refractivity contribution in [3.8, 4) is 0 Å². The van der Waals surface area contributed by atoms with Crippen molar-refractivity contribution in [2.45, 2.75) is 44.7 Å². The largest absolute Gasteiger partial charge is 0.481 e. The zero-order valence-corrected chi connectivity index (χ0v) is 12.9. The lowest BCUT2D eigenvalue weighted by Crippen LogP contribution is -2.34. The summed E-state index contributed by atoms with van der Waals surface area (Å²) in [6, 6.07) is 0. The van der Waals surface area contributed by atoms with Gasteiger partial charge in [0.2, 0.25) is 5.91 Å². The maximum Gasteiger partial charge on any atom is 0.394 e. The van der Waals surface area contributed by atoms with Gasteiger partial charge in [0, 0.05) is 19.0 Å². The number of carbonyl (C=O) groups excluding carboxylic acids is 1. The van der Waals surface area contributed by atoms with Gasteiger partial charge in [-0.3, -0.25) is 9.59 Å². The fourth-order valence-corrected chi connectivity index (χ4v) is 4.38. The van der Waals surface area contributed by atoms with Crippen LogP contribution in [-0.4, -0.2) is 41.1 Å². The number of rotatable bonds is 3. The van der Waals surface area contributed by atoms with E-state index in [0.717, 1.165) is 24.2 Å². The van der Waals surface area contributed by atoms with Crippen LogP contribution in [0.15, 0.2) is 0 Å². The molecule has 130 valence electrons. The molecule has 1 amide bonds. The number of carboxylic acid groups (broad SMARTS) is 1. The molecule has 2 unspecified atom stereocenters. The highest BCUT2D eigenvalue weighted by Gasteiger charge is 2.56. The lowest BCUT2D eigenvalue weighted by atomic mass is 9.85. The van der Waals surface area contributed by atoms with E-state index < -0.39 is 30.5 Å². The predicted molar refractivity (Wildman–Crippen MR) is 75.4 cm³/mol. The normalized spacial score (nSPS) is 35.3. The SMILES string of the molecule is O=C(O)[C@@H]1CN(C(=O)C2CC2C2CCCCC2)C[C@H]1C(F)(F)F. The van der Waals surface area contributed by atoms with Gasteiger partial charge in [-0.05, 0) is 18.3 Å². The van der Waals surface area contributed by atoms with Gasteiger partial charge in [-0.25, -0.2) is 0 Å². The molecule has 1 N–H and O–H groups in total. The molecule has 0 spiro atoms. The molecule has 1 saturated heterocycles. The minimum absolute atomic E-state index is 0.181. The minimum Gasteiger partial charge on any atom is -0.481 e. The van der Waals surface area contributed by atoms with Crippen molar-refractivity contribution in [2.75, 3.05) is 13.1 Å². The third kappa shape index (κ3) is 3.33. The molecule has 3 aliphatic rings. The van der Waals surface area contributed by atoms with Gasteiger partial charge in [-0.1, -0.05) is 32.1 Å². The first-order valence-corrected chi connectivity index (χ1v) is 8.37. The van der Waals surface area contributed by atoms with Gasteiger partial charge in [0.15, 0.2) is 0 Å². The molecule has 0 aromatic heterocycles. The molecule has 3 rings (SSSR count). The summed E-state index contributed by atoms with van der Waals surface area (Å²) in [5.74, 6) is -4.58. The average molecular weight is 333 g/mol. The van der Waals surface area contributed by atoms with Crippen LogP contribution in [0.3, 0.4) is 0 Å². The zero-order chi connectivity index (χ0) is 16.8. The Hall–Kier alpha value is -1.27. The monoisotopic (exact) mass is 333 g/mol. The number of aliphatic carboxylic acids is 1. The molecule has 7 heteroatoms. The third-order valence-corrected chi connectivity index (χ3v) is 5.78. The van der Waals surface area contributed by atoms with Crippen molar-refractivity contribution in [3.63, 3.8) is 0 Å². The minimum atomic E-state index is -4.58. The lowest BCUT2D eigenvalue weighted by Gasteiger charge is -2.23. The van der Waals surface area contributed by atoms with Crippen LogP contribution in [0.1, 0.15) is 38.5 Å². The first kappa shape index (κ1) is 16.6. The summed E-state index contributed by atoms with van der Waals surface area (Å²) >= 11 is 0. The number of amides is 1. The van der Waals surface area contributed by atoms with Gasteiger partial charge in [-0.2, -0.15) is 13.2 Å². The summed E-state index contributed by atoms with van der Waals surface area (Å²) in [7, 11) is 0. The highest BCUT2D eigenvalue weighted by molar-refractivity contribution is 5.83. The van der Waals surface area contributed by atoms with Gasteiger partial charge in [0.1, 0.15) is 0 Å². The fraction of sp³-hybridized carbons (Fsp3) is 0.875. The Kier molecular flexibility index (Phi) is 4.31. The predicted octanol–water partition coefficient (Wildman–Crippen LogP) is 2.92. The summed E-state index contributed by atoms with van der Waals surface area (Å²) in [5, 5.41) is 9.02. The number of carboxylic acids is 1. The molecule has 2 aliphatic carbocycles. The van der Waals surface area contributed by atoms with Gasteiger partial charge >= 0.3 is 12.1 Å². The Morgan fingerprint density at radius 1 is 1.00 bits per heavy atom. The molecular formula is C16H22F3NO3. The molecule has 0 radical (unpaired) electrons. The van der Waals surface area contributed by atoms with Gasteiger partial charge in [0.25, 0.3) is 0 Å². The average Bonchev–Trinajstić information content (AvgIpc) is 3.15. The Morgan fingerprint density at radius 2 is 1.65 bits per heavy atom. The number of halogens is 3. The summed E-state index contributed by atoms with van der Waals surface area (Å²) < 4.78 is 39.0. The van der Waals surface area contributed by atoms with Crippen molar-refractivity contribution in [3.05, 3.63) is 0 Å². The van der Waals surface area contributed by atoms with Crippen molar-refractivity contribution < 1.29 is 27.9 Å². The van der Waals surface area contributed by atoms with Crippen LogP contribution in [0, 0.1) is 29.6 Å². The second-order valence-corrected chi connectivity index (χ2v) is 7.24. The Bertz CT molecular complexity index is 487. The summed E-state index contributed by atoms with van der Waals surface area (Å²) in [5.41, 5.74) is 0. The van der Waals surface area contributed by atoms with E-state index in [-0.39, 0.29) is 18.4 Å². The summed E-state index contributed by atoms with van der Waals surface area (Å²) in [6.45, 7) is -0.820. The maximum atomic E-state index is 13.0. The number of hydrogen-bond donors (Lipinski definition) is 1. The van der Waals surface area contributed by atoms with Gasteiger partial charge in [0.05, 0.1) is 11.8 Å². The van der Waals surface area contributed by atoms with E-state index in [1.807, 2.05) is 0 Å². The van der Waals surface area contributed by atoms with E-state index >= 15 is 0 Å². The van der Waals surface area contributed by atoms with Crippen LogP contribution in [0.5, 0.6) is 0 Å². The van der Waals surface area contributed by atoms with Crippen LogP contribution < -0.4 is 0 Å². The molecule has 4 nitrogen and oxygen atoms in total. The first-order chi connectivity index (χ1) is 10.8. The summed E-state index contributed by atoms with van der Waals surface area (Å²) in [4.78, 5) is 24.7. The first-order valence-electron chi connectivity index (χ1n) is 8.37. The van der Waals surface area contributed by atoms with Crippen LogP contribution in [0.25, 0.3) is 0 Å². The van der Waals surface area contributed by atoms with E-state index in [4.69, 9.17) is 5.11 Å². The fourth-order valence-electron chi connectivity index (χ4n) is 4.38. The van der Waals surface area contributed by atoms with E-state index in [1.54, 1.807) is 0 Å². The molecule has 1 heterocycles. The molecule has 0 aromatic carbocycles. The van der Waals surface area contributed by atoms with E-state index in [0.29, 0.717) is 11.8 Å². The smallest absolute Gasteiger partial charge is 0.394 e. The zero-order valence-electron chi connectivity index (χ0n) is 12.9. The number of likely N-dealkylation sites (tertiary alicyclic amines) is 1. The lowest BCUT2D eigenvalue weighted by molar-refractivity contribution is -0.188. The molecule has 0 aromatic rings. The number of nitrogens with zero attached hydrogens (tertiary/aromatic N) is 1. The third-order valence-electron chi connectivity index (χ3n) is 5.78. The topological polar surface area (TPSA) is 57.6 Å². The van der Waals surface area contributed by atoms with E-state index in [2.05, 4.69) is 0 Å². The summed E-state index contributed by atoms with van der Waals surface area (Å²) in [6.07, 6.45) is 1.96. The molecule has 4 atom stereocenters. The molecule has 1 aliphatic heterocycles. The van der Waals surface area contributed by atoms with Crippen molar-refractivity contribution in [2.24, 2.45) is 29.6 Å². The molecule has 23 heavy (non-hydrogen) atoms. The Balaban J connectivity index is 1.61. The Morgan fingerprint density at radius 3 is 2.17 bits per heavy atom. The molecule has 3 fully saturated rings. The van der Waals surface area contributed by atoms with Crippen LogP contribution in [-0.2, 0) is 9.59 Å². The van der Waals surface area contributed by atoms with Gasteiger partial charge in [-0.15, -0.1) is 0 Å². The van der Waals surface area contributed by atoms with E-state index in [9.17, 15) is 22.8 Å². The number of hydrogen-bond acceptors (Lipinski definition) is 2. The van der Waals surface area contributed by atoms with Crippen LogP contribution in [0.4, 0.5) is 13.2 Å². The van der Waals surface area contributed by atoms with Crippen molar-refractivity contribution >= 4 is 11.9 Å². The van der Waals surface area contributed by atoms with Crippen molar-refractivity contribution in [1.29, 1.82) is 0 Å². The second kappa shape index (κ2) is 5.98. The maximum absolute atomic E-state index is 13.0. The highest BCUT2D eigenvalue weighted by atomic mass is 19.4. The molecular weight excluding hydrogens is 311 g/mol. The molecule has 0 bridgehead atoms. The number of alkyl halides is 3. The quantitative estimate of drug-likeness (QED) is 0.864. The van der Waals surface area contributed by atoms with Crippen LogP contribution in [0.2, 0.25) is 0 Å². The highest BCUT2D eigenvalue weighted by Crippen LogP contribution is 2.51.